The zero-order valence-corrected chi connectivity index (χ0v) is 10.7. The van der Waals surface area contributed by atoms with Gasteiger partial charge < -0.3 is 5.11 Å². The van der Waals surface area contributed by atoms with Gasteiger partial charge in [0.2, 0.25) is 5.16 Å². The van der Waals surface area contributed by atoms with Crippen molar-refractivity contribution in [3.8, 4) is 0 Å². The Morgan fingerprint density at radius 3 is 2.82 bits per heavy atom. The number of aliphatic hydroxyl groups is 1. The molecule has 0 unspecified atom stereocenters. The predicted octanol–water partition coefficient (Wildman–Crippen LogP) is 2.71. The topological polar surface area (TPSA) is 61.8 Å². The number of aromatic amines is 1. The van der Waals surface area contributed by atoms with Crippen LogP contribution in [0.15, 0.2) is 34.3 Å². The summed E-state index contributed by atoms with van der Waals surface area (Å²) < 4.78 is 0. The van der Waals surface area contributed by atoms with Gasteiger partial charge in [-0.25, -0.2) is 4.98 Å². The number of nitrogens with zero attached hydrogens (tertiary/aromatic N) is 2. The molecule has 90 valence electrons. The van der Waals surface area contributed by atoms with Crippen molar-refractivity contribution in [3.63, 3.8) is 0 Å². The Kier molecular flexibility index (Phi) is 3.81. The SMILES string of the molecule is CC[C@H](O)c1ccccc1Sc1n[nH]c(C)n1. The number of rotatable bonds is 4. The average molecular weight is 249 g/mol. The molecule has 0 saturated carbocycles. The molecule has 1 aromatic heterocycles. The molecule has 0 aliphatic rings. The van der Waals surface area contributed by atoms with Crippen molar-refractivity contribution < 1.29 is 5.11 Å². The molecule has 0 fully saturated rings. The monoisotopic (exact) mass is 249 g/mol. The molecule has 0 saturated heterocycles. The van der Waals surface area contributed by atoms with E-state index in [1.54, 1.807) is 0 Å². The molecule has 0 spiro atoms. The zero-order valence-electron chi connectivity index (χ0n) is 9.84. The van der Waals surface area contributed by atoms with Crippen LogP contribution in [0.25, 0.3) is 0 Å². The second-order valence-corrected chi connectivity index (χ2v) is 4.78. The third-order valence-electron chi connectivity index (χ3n) is 2.44. The second kappa shape index (κ2) is 5.33. The first kappa shape index (κ1) is 12.1. The van der Waals surface area contributed by atoms with Crippen LogP contribution in [0.4, 0.5) is 0 Å². The molecule has 2 aromatic rings. The minimum atomic E-state index is -0.432. The standard InChI is InChI=1S/C12H15N3OS/c1-3-10(16)9-6-4-5-7-11(9)17-12-13-8(2)14-15-12/h4-7,10,16H,3H2,1-2H3,(H,13,14,15)/t10-/m0/s1. The van der Waals surface area contributed by atoms with Crippen LogP contribution < -0.4 is 0 Å². The first-order chi connectivity index (χ1) is 8.20. The number of nitrogens with one attached hydrogen (secondary N) is 1. The third-order valence-corrected chi connectivity index (χ3v) is 3.40. The summed E-state index contributed by atoms with van der Waals surface area (Å²) in [5.74, 6) is 0.793. The lowest BCUT2D eigenvalue weighted by Gasteiger charge is -2.12. The molecular formula is C12H15N3OS. The van der Waals surface area contributed by atoms with Gasteiger partial charge in [0, 0.05) is 4.90 Å². The van der Waals surface area contributed by atoms with Gasteiger partial charge >= 0.3 is 0 Å². The Morgan fingerprint density at radius 1 is 1.41 bits per heavy atom. The van der Waals surface area contributed by atoms with Gasteiger partial charge in [0.1, 0.15) is 5.82 Å². The molecule has 1 atom stereocenters. The van der Waals surface area contributed by atoms with Crippen LogP contribution >= 0.6 is 11.8 Å². The maximum absolute atomic E-state index is 9.93. The van der Waals surface area contributed by atoms with Crippen LogP contribution in [-0.2, 0) is 0 Å². The lowest BCUT2D eigenvalue weighted by molar-refractivity contribution is 0.171. The molecule has 0 bridgehead atoms. The first-order valence-corrected chi connectivity index (χ1v) is 6.36. The van der Waals surface area contributed by atoms with Gasteiger partial charge in [0.15, 0.2) is 0 Å². The van der Waals surface area contributed by atoms with E-state index in [2.05, 4.69) is 15.2 Å². The van der Waals surface area contributed by atoms with Crippen LogP contribution in [0.1, 0.15) is 30.8 Å². The Morgan fingerprint density at radius 2 is 2.18 bits per heavy atom. The molecule has 5 heteroatoms. The minimum Gasteiger partial charge on any atom is -0.388 e. The molecule has 0 amide bonds. The number of H-pyrrole nitrogens is 1. The van der Waals surface area contributed by atoms with Crippen LogP contribution in [0.5, 0.6) is 0 Å². The summed E-state index contributed by atoms with van der Waals surface area (Å²) in [6.07, 6.45) is 0.267. The van der Waals surface area contributed by atoms with Crippen LogP contribution in [-0.4, -0.2) is 20.3 Å². The van der Waals surface area contributed by atoms with E-state index in [9.17, 15) is 5.11 Å². The number of aromatic nitrogens is 3. The van der Waals surface area contributed by atoms with Crippen LogP contribution in [0.2, 0.25) is 0 Å². The summed E-state index contributed by atoms with van der Waals surface area (Å²) in [5.41, 5.74) is 0.933. The van der Waals surface area contributed by atoms with Gasteiger partial charge in [-0.3, -0.25) is 5.10 Å². The summed E-state index contributed by atoms with van der Waals surface area (Å²) in [6, 6.07) is 7.80. The van der Waals surface area contributed by atoms with Crippen molar-refractivity contribution in [1.29, 1.82) is 0 Å². The van der Waals surface area contributed by atoms with Crippen molar-refractivity contribution in [2.24, 2.45) is 0 Å². The lowest BCUT2D eigenvalue weighted by atomic mass is 10.1. The van der Waals surface area contributed by atoms with E-state index in [1.165, 1.54) is 11.8 Å². The molecule has 2 N–H and O–H groups in total. The Balaban J connectivity index is 2.26. The summed E-state index contributed by atoms with van der Waals surface area (Å²) in [6.45, 7) is 3.83. The predicted molar refractivity (Wildman–Crippen MR) is 66.9 cm³/mol. The highest BCUT2D eigenvalue weighted by Crippen LogP contribution is 2.32. The molecule has 0 aliphatic carbocycles. The first-order valence-electron chi connectivity index (χ1n) is 5.54. The molecule has 2 rings (SSSR count). The highest BCUT2D eigenvalue weighted by atomic mass is 32.2. The van der Waals surface area contributed by atoms with E-state index < -0.39 is 6.10 Å². The molecule has 1 aromatic carbocycles. The van der Waals surface area contributed by atoms with Crippen molar-refractivity contribution in [3.05, 3.63) is 35.7 Å². The van der Waals surface area contributed by atoms with E-state index in [1.807, 2.05) is 38.1 Å². The van der Waals surface area contributed by atoms with Gasteiger partial charge in [-0.1, -0.05) is 25.1 Å². The summed E-state index contributed by atoms with van der Waals surface area (Å²) >= 11 is 1.47. The maximum atomic E-state index is 9.93. The fourth-order valence-electron chi connectivity index (χ4n) is 1.53. The van der Waals surface area contributed by atoms with Gasteiger partial charge in [-0.2, -0.15) is 0 Å². The zero-order chi connectivity index (χ0) is 12.3. The summed E-state index contributed by atoms with van der Waals surface area (Å²) in [5, 5.41) is 17.5. The quantitative estimate of drug-likeness (QED) is 0.874. The summed E-state index contributed by atoms with van der Waals surface area (Å²) in [4.78, 5) is 5.25. The smallest absolute Gasteiger partial charge is 0.213 e. The lowest BCUT2D eigenvalue weighted by Crippen LogP contribution is -1.97. The highest BCUT2D eigenvalue weighted by Gasteiger charge is 2.12. The number of benzene rings is 1. The highest BCUT2D eigenvalue weighted by molar-refractivity contribution is 7.99. The Labute approximate surface area is 104 Å². The van der Waals surface area contributed by atoms with Crippen molar-refractivity contribution in [1.82, 2.24) is 15.2 Å². The number of hydrogen-bond acceptors (Lipinski definition) is 4. The molecular weight excluding hydrogens is 234 g/mol. The molecule has 0 aliphatic heterocycles. The molecule has 1 heterocycles. The van der Waals surface area contributed by atoms with Crippen molar-refractivity contribution in [2.75, 3.05) is 0 Å². The Hall–Kier alpha value is -1.33. The van der Waals surface area contributed by atoms with Gasteiger partial charge in [0.25, 0.3) is 0 Å². The molecule has 0 radical (unpaired) electrons. The normalized spacial score (nSPS) is 12.6. The van der Waals surface area contributed by atoms with E-state index in [-0.39, 0.29) is 0 Å². The van der Waals surface area contributed by atoms with Gasteiger partial charge in [0.05, 0.1) is 6.10 Å². The van der Waals surface area contributed by atoms with E-state index in [0.29, 0.717) is 11.6 Å². The Bertz CT molecular complexity index is 498. The summed E-state index contributed by atoms with van der Waals surface area (Å²) in [7, 11) is 0. The van der Waals surface area contributed by atoms with Gasteiger partial charge in [-0.15, -0.1) is 5.10 Å². The molecule has 17 heavy (non-hydrogen) atoms. The van der Waals surface area contributed by atoms with Crippen molar-refractivity contribution in [2.45, 2.75) is 36.4 Å². The average Bonchev–Trinajstić information content (AvgIpc) is 2.74. The van der Waals surface area contributed by atoms with Gasteiger partial charge in [-0.05, 0) is 36.7 Å². The fourth-order valence-corrected chi connectivity index (χ4v) is 2.47. The van der Waals surface area contributed by atoms with Crippen molar-refractivity contribution >= 4 is 11.8 Å². The fraction of sp³-hybridized carbons (Fsp3) is 0.333. The maximum Gasteiger partial charge on any atom is 0.213 e. The third kappa shape index (κ3) is 2.87. The number of aryl methyl sites for hydroxylation is 1. The van der Waals surface area contributed by atoms with E-state index >= 15 is 0 Å². The minimum absolute atomic E-state index is 0.432. The van der Waals surface area contributed by atoms with E-state index in [0.717, 1.165) is 16.3 Å². The van der Waals surface area contributed by atoms with E-state index in [4.69, 9.17) is 0 Å². The number of aliphatic hydroxyl groups excluding tert-OH is 1. The molecule has 4 nitrogen and oxygen atoms in total. The van der Waals surface area contributed by atoms with Crippen LogP contribution in [0, 0.1) is 6.92 Å². The second-order valence-electron chi connectivity index (χ2n) is 3.77. The number of hydrogen-bond donors (Lipinski definition) is 2. The van der Waals surface area contributed by atoms with Crippen LogP contribution in [0.3, 0.4) is 0 Å². The largest absolute Gasteiger partial charge is 0.388 e.